The minimum absolute atomic E-state index is 0.432. The van der Waals surface area contributed by atoms with Gasteiger partial charge in [0.25, 0.3) is 0 Å². The Hall–Kier alpha value is -2.04. The summed E-state index contributed by atoms with van der Waals surface area (Å²) in [6.45, 7) is 3.32. The Morgan fingerprint density at radius 3 is 3.06 bits per heavy atom. The van der Waals surface area contributed by atoms with Crippen LogP contribution in [0, 0.1) is 0 Å². The molecule has 0 amide bonds. The van der Waals surface area contributed by atoms with Gasteiger partial charge in [-0.3, -0.25) is 4.68 Å². The number of pyridine rings is 1. The molecular formula is C11H14N4O. The molecule has 0 aromatic carbocycles. The van der Waals surface area contributed by atoms with Crippen molar-refractivity contribution in [3.63, 3.8) is 0 Å². The number of hydrogen-bond acceptors (Lipinski definition) is 4. The summed E-state index contributed by atoms with van der Waals surface area (Å²) in [5, 5.41) is 4.15. The molecular weight excluding hydrogens is 204 g/mol. The molecule has 0 saturated carbocycles. The smallest absolute Gasteiger partial charge is 0.237 e. The van der Waals surface area contributed by atoms with Gasteiger partial charge >= 0.3 is 0 Å². The molecule has 16 heavy (non-hydrogen) atoms. The van der Waals surface area contributed by atoms with Gasteiger partial charge in [-0.05, 0) is 19.1 Å². The van der Waals surface area contributed by atoms with Crippen LogP contribution >= 0.6 is 0 Å². The van der Waals surface area contributed by atoms with Gasteiger partial charge in [0.05, 0.1) is 11.9 Å². The van der Waals surface area contributed by atoms with Crippen molar-refractivity contribution in [3.05, 3.63) is 36.3 Å². The van der Waals surface area contributed by atoms with Gasteiger partial charge in [-0.1, -0.05) is 0 Å². The molecule has 2 aromatic heterocycles. The quantitative estimate of drug-likeness (QED) is 0.843. The lowest BCUT2D eigenvalue weighted by atomic mass is 10.4. The molecule has 2 rings (SSSR count). The van der Waals surface area contributed by atoms with Gasteiger partial charge < -0.3 is 10.5 Å². The predicted molar refractivity (Wildman–Crippen MR) is 60.9 cm³/mol. The number of hydrogen-bond donors (Lipinski definition) is 1. The first-order valence-electron chi connectivity index (χ1n) is 5.14. The van der Waals surface area contributed by atoms with E-state index < -0.39 is 0 Å². The maximum Gasteiger partial charge on any atom is 0.237 e. The zero-order valence-electron chi connectivity index (χ0n) is 9.13. The molecule has 5 nitrogen and oxygen atoms in total. The van der Waals surface area contributed by atoms with E-state index in [4.69, 9.17) is 10.5 Å². The van der Waals surface area contributed by atoms with E-state index in [1.165, 1.54) is 0 Å². The minimum Gasteiger partial charge on any atom is -0.471 e. The third kappa shape index (κ3) is 2.31. The van der Waals surface area contributed by atoms with E-state index in [1.807, 2.05) is 17.8 Å². The highest BCUT2D eigenvalue weighted by Gasteiger charge is 2.02. The van der Waals surface area contributed by atoms with Crippen LogP contribution in [0.1, 0.15) is 12.5 Å². The third-order valence-electron chi connectivity index (χ3n) is 2.19. The molecule has 0 aliphatic heterocycles. The fraction of sp³-hybridized carbons (Fsp3) is 0.273. The maximum atomic E-state index is 5.71. The van der Waals surface area contributed by atoms with Crippen LogP contribution in [0.25, 0.3) is 0 Å². The van der Waals surface area contributed by atoms with E-state index in [0.717, 1.165) is 12.1 Å². The zero-order valence-corrected chi connectivity index (χ0v) is 9.13. The van der Waals surface area contributed by atoms with E-state index in [1.54, 1.807) is 24.5 Å². The number of nitrogen functional groups attached to an aromatic ring is 1. The molecule has 84 valence electrons. The topological polar surface area (TPSA) is 66.0 Å². The molecule has 2 aromatic rings. The Kier molecular flexibility index (Phi) is 3.05. The highest BCUT2D eigenvalue weighted by molar-refractivity contribution is 5.46. The standard InChI is InChI=1S/C11H14N4O/c1-2-15-7-9(6-14-15)8-16-11-10(12)4-3-5-13-11/h3-7H,2,8,12H2,1H3. The number of aryl methyl sites for hydroxylation is 1. The van der Waals surface area contributed by atoms with Gasteiger partial charge in [0.2, 0.25) is 5.88 Å². The van der Waals surface area contributed by atoms with Crippen molar-refractivity contribution in [3.8, 4) is 5.88 Å². The Morgan fingerprint density at radius 1 is 1.50 bits per heavy atom. The number of nitrogens with two attached hydrogens (primary N) is 1. The molecule has 0 bridgehead atoms. The van der Waals surface area contributed by atoms with Crippen LogP contribution in [0.2, 0.25) is 0 Å². The van der Waals surface area contributed by atoms with Crippen LogP contribution in [0.15, 0.2) is 30.7 Å². The fourth-order valence-corrected chi connectivity index (χ4v) is 1.33. The summed E-state index contributed by atoms with van der Waals surface area (Å²) in [4.78, 5) is 4.05. The Bertz CT molecular complexity index is 467. The molecule has 2 N–H and O–H groups in total. The van der Waals surface area contributed by atoms with Gasteiger partial charge in [-0.2, -0.15) is 5.10 Å². The van der Waals surface area contributed by atoms with Crippen LogP contribution in [0.4, 0.5) is 5.69 Å². The van der Waals surface area contributed by atoms with Crippen molar-refractivity contribution in [2.24, 2.45) is 0 Å². The third-order valence-corrected chi connectivity index (χ3v) is 2.19. The SMILES string of the molecule is CCn1cc(COc2ncccc2N)cn1. The van der Waals surface area contributed by atoms with Crippen LogP contribution in [-0.2, 0) is 13.2 Å². The van der Waals surface area contributed by atoms with E-state index in [9.17, 15) is 0 Å². The Morgan fingerprint density at radius 2 is 2.38 bits per heavy atom. The minimum atomic E-state index is 0.432. The highest BCUT2D eigenvalue weighted by atomic mass is 16.5. The number of anilines is 1. The monoisotopic (exact) mass is 218 g/mol. The highest BCUT2D eigenvalue weighted by Crippen LogP contribution is 2.17. The number of nitrogens with zero attached hydrogens (tertiary/aromatic N) is 3. The molecule has 0 aliphatic carbocycles. The summed E-state index contributed by atoms with van der Waals surface area (Å²) in [6.07, 6.45) is 5.38. The van der Waals surface area contributed by atoms with Crippen molar-refractivity contribution in [1.82, 2.24) is 14.8 Å². The van der Waals surface area contributed by atoms with Crippen molar-refractivity contribution in [1.29, 1.82) is 0 Å². The first-order chi connectivity index (χ1) is 7.79. The number of aromatic nitrogens is 3. The average molecular weight is 218 g/mol. The Balaban J connectivity index is 1.99. The molecule has 0 fully saturated rings. The summed E-state index contributed by atoms with van der Waals surface area (Å²) in [7, 11) is 0. The molecule has 0 spiro atoms. The Labute approximate surface area is 93.9 Å². The molecule has 0 saturated heterocycles. The van der Waals surface area contributed by atoms with Gasteiger partial charge in [0.1, 0.15) is 6.61 Å². The van der Waals surface area contributed by atoms with Crippen molar-refractivity contribution >= 4 is 5.69 Å². The van der Waals surface area contributed by atoms with Crippen LogP contribution in [-0.4, -0.2) is 14.8 Å². The molecule has 0 unspecified atom stereocenters. The van der Waals surface area contributed by atoms with Gasteiger partial charge in [-0.15, -0.1) is 0 Å². The molecule has 0 aliphatic rings. The lowest BCUT2D eigenvalue weighted by Gasteiger charge is -2.05. The summed E-state index contributed by atoms with van der Waals surface area (Å²) < 4.78 is 7.34. The van der Waals surface area contributed by atoms with E-state index in [2.05, 4.69) is 10.1 Å². The van der Waals surface area contributed by atoms with E-state index >= 15 is 0 Å². The molecule has 0 radical (unpaired) electrons. The molecule has 2 heterocycles. The number of ether oxygens (including phenoxy) is 1. The van der Waals surface area contributed by atoms with Crippen molar-refractivity contribution < 1.29 is 4.74 Å². The second kappa shape index (κ2) is 4.65. The first kappa shape index (κ1) is 10.5. The first-order valence-corrected chi connectivity index (χ1v) is 5.14. The van der Waals surface area contributed by atoms with Crippen molar-refractivity contribution in [2.45, 2.75) is 20.1 Å². The zero-order chi connectivity index (χ0) is 11.4. The summed E-state index contributed by atoms with van der Waals surface area (Å²) >= 11 is 0. The van der Waals surface area contributed by atoms with Crippen LogP contribution in [0.3, 0.4) is 0 Å². The summed E-state index contributed by atoms with van der Waals surface area (Å²) in [5.74, 6) is 0.465. The second-order valence-corrected chi connectivity index (χ2v) is 3.39. The second-order valence-electron chi connectivity index (χ2n) is 3.39. The molecule has 0 atom stereocenters. The lowest BCUT2D eigenvalue weighted by Crippen LogP contribution is -2.00. The van der Waals surface area contributed by atoms with Gasteiger partial charge in [0.15, 0.2) is 0 Å². The van der Waals surface area contributed by atoms with Gasteiger partial charge in [0, 0.05) is 24.5 Å². The fourth-order valence-electron chi connectivity index (χ4n) is 1.33. The lowest BCUT2D eigenvalue weighted by molar-refractivity contribution is 0.295. The van der Waals surface area contributed by atoms with E-state index in [0.29, 0.717) is 18.2 Å². The predicted octanol–water partition coefficient (Wildman–Crippen LogP) is 1.46. The van der Waals surface area contributed by atoms with Crippen LogP contribution in [0.5, 0.6) is 5.88 Å². The normalized spacial score (nSPS) is 10.3. The largest absolute Gasteiger partial charge is 0.471 e. The summed E-state index contributed by atoms with van der Waals surface area (Å²) in [6, 6.07) is 3.54. The molecule has 5 heteroatoms. The van der Waals surface area contributed by atoms with Crippen molar-refractivity contribution in [2.75, 3.05) is 5.73 Å². The van der Waals surface area contributed by atoms with Gasteiger partial charge in [-0.25, -0.2) is 4.98 Å². The average Bonchev–Trinajstić information content (AvgIpc) is 2.76. The maximum absolute atomic E-state index is 5.71. The van der Waals surface area contributed by atoms with E-state index in [-0.39, 0.29) is 0 Å². The number of rotatable bonds is 4. The van der Waals surface area contributed by atoms with Crippen LogP contribution < -0.4 is 10.5 Å². The summed E-state index contributed by atoms with van der Waals surface area (Å²) in [5.41, 5.74) is 7.26.